The van der Waals surface area contributed by atoms with Gasteiger partial charge in [-0.25, -0.2) is 18.2 Å². The molecular weight excluding hydrogens is 441 g/mol. The number of nitrogens with zero attached hydrogens (tertiary/aromatic N) is 4. The highest BCUT2D eigenvalue weighted by Crippen LogP contribution is 2.32. The maximum atomic E-state index is 12.6. The highest BCUT2D eigenvalue weighted by molar-refractivity contribution is 7.90. The van der Waals surface area contributed by atoms with Crippen molar-refractivity contribution in [2.75, 3.05) is 19.6 Å². The predicted octanol–water partition coefficient (Wildman–Crippen LogP) is 1.17. The summed E-state index contributed by atoms with van der Waals surface area (Å²) in [6.45, 7) is 4.01. The van der Waals surface area contributed by atoms with Crippen LogP contribution in [-0.2, 0) is 34.5 Å². The number of rotatable bonds is 4. The zero-order chi connectivity index (χ0) is 22.8. The van der Waals surface area contributed by atoms with Gasteiger partial charge in [0.25, 0.3) is 5.56 Å². The Hall–Kier alpha value is -1.99. The first-order valence-electron chi connectivity index (χ1n) is 10.1. The molecule has 2 aliphatic heterocycles. The van der Waals surface area contributed by atoms with Crippen molar-refractivity contribution in [3.63, 3.8) is 0 Å². The lowest BCUT2D eigenvalue weighted by Gasteiger charge is -2.20. The zero-order valence-corrected chi connectivity index (χ0v) is 17.7. The first-order chi connectivity index (χ1) is 14.5. The van der Waals surface area contributed by atoms with E-state index in [1.807, 2.05) is 0 Å². The predicted molar refractivity (Wildman–Crippen MR) is 104 cm³/mol. The van der Waals surface area contributed by atoms with Gasteiger partial charge in [-0.05, 0) is 45.2 Å². The third-order valence-electron chi connectivity index (χ3n) is 5.38. The van der Waals surface area contributed by atoms with Crippen molar-refractivity contribution < 1.29 is 31.5 Å². The number of fused-ring (bicyclic) bond motifs is 1. The summed E-state index contributed by atoms with van der Waals surface area (Å²) in [5.41, 5.74) is 0.707. The molecule has 1 aromatic rings. The molecule has 174 valence electrons. The molecule has 0 amide bonds. The van der Waals surface area contributed by atoms with E-state index in [0.29, 0.717) is 31.9 Å². The summed E-state index contributed by atoms with van der Waals surface area (Å²) in [5.74, 6) is -2.16. The summed E-state index contributed by atoms with van der Waals surface area (Å²) in [6, 6.07) is 1.62. The number of sulfonamides is 1. The minimum absolute atomic E-state index is 0.0557. The van der Waals surface area contributed by atoms with Crippen LogP contribution in [0.1, 0.15) is 43.6 Å². The fourth-order valence-electron chi connectivity index (χ4n) is 3.65. The van der Waals surface area contributed by atoms with Gasteiger partial charge in [-0.2, -0.15) is 17.5 Å². The average molecular weight is 466 g/mol. The van der Waals surface area contributed by atoms with Crippen molar-refractivity contribution in [1.82, 2.24) is 18.8 Å². The molecule has 1 aliphatic carbocycles. The molecule has 1 saturated heterocycles. The zero-order valence-electron chi connectivity index (χ0n) is 16.8. The van der Waals surface area contributed by atoms with E-state index in [9.17, 15) is 26.4 Å². The van der Waals surface area contributed by atoms with E-state index >= 15 is 0 Å². The molecule has 0 spiro atoms. The fourth-order valence-corrected chi connectivity index (χ4v) is 5.49. The Balaban J connectivity index is 0.000000339. The number of carbonyl (C=O) groups is 1. The van der Waals surface area contributed by atoms with Crippen molar-refractivity contribution in [2.45, 2.75) is 63.2 Å². The Morgan fingerprint density at radius 2 is 1.74 bits per heavy atom. The van der Waals surface area contributed by atoms with E-state index in [1.54, 1.807) is 10.6 Å². The van der Waals surface area contributed by atoms with Gasteiger partial charge in [0, 0.05) is 25.7 Å². The molecule has 2 fully saturated rings. The van der Waals surface area contributed by atoms with Gasteiger partial charge in [0.15, 0.2) is 0 Å². The number of likely N-dealkylation sites (tertiary alicyclic amines) is 1. The van der Waals surface area contributed by atoms with Gasteiger partial charge in [0.1, 0.15) is 5.82 Å². The Morgan fingerprint density at radius 3 is 2.29 bits per heavy atom. The van der Waals surface area contributed by atoms with Crippen LogP contribution >= 0.6 is 0 Å². The molecule has 3 aliphatic rings. The molecule has 0 aromatic carbocycles. The largest absolute Gasteiger partial charge is 0.490 e. The van der Waals surface area contributed by atoms with Gasteiger partial charge in [-0.15, -0.1) is 0 Å². The first kappa shape index (κ1) is 23.7. The molecule has 0 radical (unpaired) electrons. The molecule has 1 aromatic heterocycles. The highest BCUT2D eigenvalue weighted by atomic mass is 32.2. The maximum Gasteiger partial charge on any atom is 0.490 e. The summed E-state index contributed by atoms with van der Waals surface area (Å²) >= 11 is 0. The van der Waals surface area contributed by atoms with Gasteiger partial charge in [-0.3, -0.25) is 14.3 Å². The Bertz CT molecular complexity index is 969. The molecule has 9 nitrogen and oxygen atoms in total. The molecular formula is C18H25F3N4O5S. The smallest absolute Gasteiger partial charge is 0.475 e. The van der Waals surface area contributed by atoms with Gasteiger partial charge in [0.2, 0.25) is 10.0 Å². The van der Waals surface area contributed by atoms with Crippen LogP contribution < -0.4 is 5.56 Å². The molecule has 4 rings (SSSR count). The molecule has 0 bridgehead atoms. The normalized spacial score (nSPS) is 20.5. The quantitative estimate of drug-likeness (QED) is 0.709. The van der Waals surface area contributed by atoms with Gasteiger partial charge in [0.05, 0.1) is 17.5 Å². The highest BCUT2D eigenvalue weighted by Gasteiger charge is 2.41. The van der Waals surface area contributed by atoms with Crippen LogP contribution in [0.5, 0.6) is 0 Å². The van der Waals surface area contributed by atoms with Crippen LogP contribution in [0.15, 0.2) is 10.9 Å². The summed E-state index contributed by atoms with van der Waals surface area (Å²) in [5, 5.41) is 6.91. The summed E-state index contributed by atoms with van der Waals surface area (Å²) < 4.78 is 60.0. The van der Waals surface area contributed by atoms with E-state index in [1.165, 1.54) is 17.1 Å². The van der Waals surface area contributed by atoms with Crippen LogP contribution in [0.2, 0.25) is 0 Å². The lowest BCUT2D eigenvalue weighted by atomic mass is 10.3. The number of aromatic nitrogens is 2. The lowest BCUT2D eigenvalue weighted by molar-refractivity contribution is -0.192. The van der Waals surface area contributed by atoms with Crippen molar-refractivity contribution in [3.8, 4) is 0 Å². The third-order valence-corrected chi connectivity index (χ3v) is 7.72. The summed E-state index contributed by atoms with van der Waals surface area (Å²) in [4.78, 5) is 28.3. The molecule has 0 atom stereocenters. The number of hydrogen-bond acceptors (Lipinski definition) is 6. The first-order valence-corrected chi connectivity index (χ1v) is 11.6. The van der Waals surface area contributed by atoms with Crippen LogP contribution in [0.25, 0.3) is 0 Å². The third kappa shape index (κ3) is 6.04. The minimum atomic E-state index is -5.08. The van der Waals surface area contributed by atoms with Gasteiger partial charge >= 0.3 is 12.1 Å². The van der Waals surface area contributed by atoms with E-state index < -0.39 is 22.2 Å². The Kier molecular flexibility index (Phi) is 7.06. The Labute approximate surface area is 177 Å². The average Bonchev–Trinajstić information content (AvgIpc) is 3.45. The van der Waals surface area contributed by atoms with Crippen molar-refractivity contribution in [2.24, 2.45) is 0 Å². The van der Waals surface area contributed by atoms with E-state index in [0.717, 1.165) is 31.6 Å². The van der Waals surface area contributed by atoms with Gasteiger partial charge < -0.3 is 5.11 Å². The second-order valence-electron chi connectivity index (χ2n) is 7.87. The topological polar surface area (TPSA) is 113 Å². The van der Waals surface area contributed by atoms with Gasteiger partial charge in [-0.1, -0.05) is 0 Å². The molecule has 0 unspecified atom stereocenters. The molecule has 3 heterocycles. The van der Waals surface area contributed by atoms with E-state index in [4.69, 9.17) is 9.90 Å². The Morgan fingerprint density at radius 1 is 1.13 bits per heavy atom. The second-order valence-corrected chi connectivity index (χ2v) is 10.1. The molecule has 13 heteroatoms. The number of halogens is 3. The molecule has 1 saturated carbocycles. The van der Waals surface area contributed by atoms with E-state index in [-0.39, 0.29) is 17.4 Å². The standard InChI is InChI=1S/C16H24N4O3S.C2HF3O2/c21-16-10-13(11-18-6-1-2-7-18)17-15-12-19(8-3-9-20(15)16)24(22,23)14-4-5-14;3-2(4,5)1(6)7/h10,14H,1-9,11-12H2;(H,6,7). The van der Waals surface area contributed by atoms with Crippen molar-refractivity contribution >= 4 is 16.0 Å². The van der Waals surface area contributed by atoms with Crippen LogP contribution in [-0.4, -0.2) is 69.3 Å². The lowest BCUT2D eigenvalue weighted by Crippen LogP contribution is -2.34. The van der Waals surface area contributed by atoms with Crippen molar-refractivity contribution in [1.29, 1.82) is 0 Å². The number of carboxylic acid groups (broad SMARTS) is 1. The number of aliphatic carboxylic acids is 1. The van der Waals surface area contributed by atoms with Crippen LogP contribution in [0, 0.1) is 0 Å². The van der Waals surface area contributed by atoms with Crippen LogP contribution in [0.4, 0.5) is 13.2 Å². The SMILES string of the molecule is O=C(O)C(F)(F)F.O=c1cc(CN2CCCC2)nc2n1CCCN(S(=O)(=O)C1CC1)C2. The minimum Gasteiger partial charge on any atom is -0.475 e. The monoisotopic (exact) mass is 466 g/mol. The second kappa shape index (κ2) is 9.25. The molecule has 1 N–H and O–H groups in total. The summed E-state index contributed by atoms with van der Waals surface area (Å²) in [6.07, 6.45) is -0.525. The fraction of sp³-hybridized carbons (Fsp3) is 0.722. The van der Waals surface area contributed by atoms with E-state index in [2.05, 4.69) is 9.88 Å². The number of alkyl halides is 3. The number of hydrogen-bond donors (Lipinski definition) is 1. The maximum absolute atomic E-state index is 12.6. The number of carboxylic acids is 1. The van der Waals surface area contributed by atoms with Crippen molar-refractivity contribution in [3.05, 3.63) is 27.9 Å². The molecule has 31 heavy (non-hydrogen) atoms. The summed E-state index contributed by atoms with van der Waals surface area (Å²) in [7, 11) is -3.24. The van der Waals surface area contributed by atoms with Crippen LogP contribution in [0.3, 0.4) is 0 Å².